The van der Waals surface area contributed by atoms with Gasteiger partial charge in [-0.3, -0.25) is 4.79 Å². The van der Waals surface area contributed by atoms with E-state index < -0.39 is 0 Å². The van der Waals surface area contributed by atoms with Gasteiger partial charge in [0.05, 0.1) is 19.3 Å². The number of alkyl halides is 1. The number of hydrogen-bond acceptors (Lipinski definition) is 5. The van der Waals surface area contributed by atoms with Gasteiger partial charge < -0.3 is 18.9 Å². The molecular formula is C16H27IO5. The third-order valence-corrected chi connectivity index (χ3v) is 6.40. The van der Waals surface area contributed by atoms with E-state index in [9.17, 15) is 4.79 Å². The predicted molar refractivity (Wildman–Crippen MR) is 91.0 cm³/mol. The van der Waals surface area contributed by atoms with Crippen LogP contribution < -0.4 is 0 Å². The fraction of sp³-hybridized carbons (Fsp3) is 0.938. The van der Waals surface area contributed by atoms with E-state index in [2.05, 4.69) is 27.3 Å². The number of hydrogen-bond donors (Lipinski definition) is 0. The highest BCUT2D eigenvalue weighted by atomic mass is 127. The van der Waals surface area contributed by atoms with Crippen LogP contribution in [0.15, 0.2) is 0 Å². The maximum Gasteiger partial charge on any atom is 0.305 e. The topological polar surface area (TPSA) is 54.0 Å². The van der Waals surface area contributed by atoms with E-state index in [1.165, 1.54) is 7.11 Å². The van der Waals surface area contributed by atoms with Crippen molar-refractivity contribution in [1.82, 2.24) is 0 Å². The van der Waals surface area contributed by atoms with Crippen molar-refractivity contribution in [3.8, 4) is 0 Å². The zero-order valence-electron chi connectivity index (χ0n) is 13.6. The summed E-state index contributed by atoms with van der Waals surface area (Å²) in [5, 5.41) is 0. The smallest absolute Gasteiger partial charge is 0.305 e. The van der Waals surface area contributed by atoms with Gasteiger partial charge in [-0.25, -0.2) is 0 Å². The second kappa shape index (κ2) is 8.80. The Morgan fingerprint density at radius 1 is 1.27 bits per heavy atom. The maximum absolute atomic E-state index is 11.2. The van der Waals surface area contributed by atoms with Crippen molar-refractivity contribution in [2.75, 3.05) is 21.3 Å². The maximum atomic E-state index is 11.2. The van der Waals surface area contributed by atoms with Gasteiger partial charge in [0.2, 0.25) is 0 Å². The van der Waals surface area contributed by atoms with Crippen LogP contribution in [0.25, 0.3) is 0 Å². The van der Waals surface area contributed by atoms with E-state index >= 15 is 0 Å². The Balaban J connectivity index is 1.80. The second-order valence-corrected chi connectivity index (χ2v) is 7.78. The summed E-state index contributed by atoms with van der Waals surface area (Å²) < 4.78 is 22.3. The Bertz CT molecular complexity index is 360. The van der Waals surface area contributed by atoms with Crippen molar-refractivity contribution in [3.05, 3.63) is 0 Å². The van der Waals surface area contributed by atoms with Crippen molar-refractivity contribution in [2.24, 2.45) is 11.8 Å². The molecule has 0 N–H and O–H groups in total. The van der Waals surface area contributed by atoms with Crippen LogP contribution in [0.3, 0.4) is 0 Å². The van der Waals surface area contributed by atoms with E-state index in [-0.39, 0.29) is 18.4 Å². The molecule has 0 radical (unpaired) electrons. The van der Waals surface area contributed by atoms with Gasteiger partial charge in [0.1, 0.15) is 0 Å². The van der Waals surface area contributed by atoms with Gasteiger partial charge in [0.15, 0.2) is 6.29 Å². The lowest BCUT2D eigenvalue weighted by Gasteiger charge is -2.25. The van der Waals surface area contributed by atoms with Crippen LogP contribution >= 0.6 is 22.6 Å². The molecule has 5 unspecified atom stereocenters. The molecule has 128 valence electrons. The van der Waals surface area contributed by atoms with Crippen molar-refractivity contribution in [2.45, 2.75) is 60.9 Å². The van der Waals surface area contributed by atoms with E-state index in [1.54, 1.807) is 14.2 Å². The molecule has 0 spiro atoms. The first-order chi connectivity index (χ1) is 10.6. The molecule has 6 heteroatoms. The molecule has 0 aromatic carbocycles. The fourth-order valence-electron chi connectivity index (χ4n) is 3.85. The predicted octanol–water partition coefficient (Wildman–Crippen LogP) is 2.94. The summed E-state index contributed by atoms with van der Waals surface area (Å²) in [4.78, 5) is 11.2. The van der Waals surface area contributed by atoms with Crippen LogP contribution in [0.5, 0.6) is 0 Å². The van der Waals surface area contributed by atoms with E-state index in [1.807, 2.05) is 0 Å². The molecule has 1 aliphatic carbocycles. The van der Waals surface area contributed by atoms with Gasteiger partial charge >= 0.3 is 5.97 Å². The minimum atomic E-state index is -0.129. The average Bonchev–Trinajstić information content (AvgIpc) is 3.10. The van der Waals surface area contributed by atoms with E-state index in [0.717, 1.165) is 32.1 Å². The highest BCUT2D eigenvalue weighted by Gasteiger charge is 2.48. The van der Waals surface area contributed by atoms with Crippen LogP contribution in [0.2, 0.25) is 0 Å². The number of rotatable bonds is 8. The molecule has 22 heavy (non-hydrogen) atoms. The van der Waals surface area contributed by atoms with Gasteiger partial charge in [-0.1, -0.05) is 22.6 Å². The Morgan fingerprint density at radius 2 is 2.00 bits per heavy atom. The monoisotopic (exact) mass is 426 g/mol. The Morgan fingerprint density at radius 3 is 2.64 bits per heavy atom. The van der Waals surface area contributed by atoms with Crippen LogP contribution in [0, 0.1) is 11.8 Å². The second-order valence-electron chi connectivity index (χ2n) is 6.18. The molecule has 5 atom stereocenters. The Labute approximate surface area is 146 Å². The number of fused-ring (bicyclic) bond motifs is 1. The molecule has 0 aromatic heterocycles. The summed E-state index contributed by atoms with van der Waals surface area (Å²) in [6.07, 6.45) is 6.14. The Hall–Kier alpha value is 0.0800. The summed E-state index contributed by atoms with van der Waals surface area (Å²) in [6.45, 7) is 0. The van der Waals surface area contributed by atoms with Crippen molar-refractivity contribution in [1.29, 1.82) is 0 Å². The summed E-state index contributed by atoms with van der Waals surface area (Å²) in [5.41, 5.74) is 0. The summed E-state index contributed by atoms with van der Waals surface area (Å²) in [6, 6.07) is 0. The van der Waals surface area contributed by atoms with Crippen LogP contribution in [-0.2, 0) is 23.7 Å². The third kappa shape index (κ3) is 4.33. The Kier molecular flexibility index (Phi) is 7.37. The molecule has 1 saturated heterocycles. The molecule has 1 aliphatic heterocycles. The van der Waals surface area contributed by atoms with Crippen LogP contribution in [-0.4, -0.2) is 49.7 Å². The fourth-order valence-corrected chi connectivity index (χ4v) is 4.75. The van der Waals surface area contributed by atoms with Crippen molar-refractivity contribution >= 4 is 28.6 Å². The molecule has 2 rings (SSSR count). The van der Waals surface area contributed by atoms with Gasteiger partial charge in [0.25, 0.3) is 0 Å². The number of carbonyl (C=O) groups is 1. The summed E-state index contributed by atoms with van der Waals surface area (Å²) >= 11 is 2.47. The first-order valence-electron chi connectivity index (χ1n) is 8.02. The molecule has 1 saturated carbocycles. The first-order valence-corrected chi connectivity index (χ1v) is 9.27. The molecule has 1 heterocycles. The van der Waals surface area contributed by atoms with E-state index in [4.69, 9.17) is 14.2 Å². The molecule has 0 amide bonds. The zero-order valence-corrected chi connectivity index (χ0v) is 15.8. The number of methoxy groups -OCH3 is 3. The molecular weight excluding hydrogens is 399 g/mol. The zero-order chi connectivity index (χ0) is 16.1. The van der Waals surface area contributed by atoms with Crippen LogP contribution in [0.1, 0.15) is 38.5 Å². The van der Waals surface area contributed by atoms with Crippen LogP contribution in [0.4, 0.5) is 0 Å². The molecule has 5 nitrogen and oxygen atoms in total. The highest BCUT2D eigenvalue weighted by Crippen LogP contribution is 2.47. The lowest BCUT2D eigenvalue weighted by molar-refractivity contribution is -0.145. The summed E-state index contributed by atoms with van der Waals surface area (Å²) in [7, 11) is 4.86. The van der Waals surface area contributed by atoms with Crippen molar-refractivity contribution < 1.29 is 23.7 Å². The molecule has 0 aromatic rings. The molecule has 2 fully saturated rings. The summed E-state index contributed by atoms with van der Waals surface area (Å²) in [5.74, 6) is 0.840. The minimum Gasteiger partial charge on any atom is -0.469 e. The number of ether oxygens (including phenoxy) is 4. The minimum absolute atomic E-state index is 0.121. The van der Waals surface area contributed by atoms with Crippen molar-refractivity contribution in [3.63, 3.8) is 0 Å². The normalized spacial score (nSPS) is 32.2. The van der Waals surface area contributed by atoms with Gasteiger partial charge in [-0.2, -0.15) is 0 Å². The lowest BCUT2D eigenvalue weighted by atomic mass is 9.90. The SMILES string of the molecule is COC(=O)CCCC(I)C1CC2C(CCC2C(OC)OC)O1. The first kappa shape index (κ1) is 18.4. The largest absolute Gasteiger partial charge is 0.469 e. The van der Waals surface area contributed by atoms with E-state index in [0.29, 0.717) is 28.3 Å². The molecule has 2 aliphatic rings. The molecule has 0 bridgehead atoms. The lowest BCUT2D eigenvalue weighted by Crippen LogP contribution is -2.29. The number of carbonyl (C=O) groups excluding carboxylic acids is 1. The standard InChI is InChI=1S/C16H27IO5/c1-19-15(18)6-4-5-12(17)14-9-11-10(16(20-2)21-3)7-8-13(11)22-14/h10-14,16H,4-9H2,1-3H3. The van der Waals surface area contributed by atoms with Gasteiger partial charge in [0, 0.05) is 30.5 Å². The third-order valence-electron chi connectivity index (χ3n) is 4.97. The number of esters is 1. The van der Waals surface area contributed by atoms with Gasteiger partial charge in [-0.15, -0.1) is 0 Å². The highest BCUT2D eigenvalue weighted by molar-refractivity contribution is 14.1. The number of halogens is 1. The quantitative estimate of drug-likeness (QED) is 0.259. The average molecular weight is 426 g/mol. The van der Waals surface area contributed by atoms with Gasteiger partial charge in [-0.05, 0) is 38.0 Å².